The van der Waals surface area contributed by atoms with Crippen molar-refractivity contribution in [1.29, 1.82) is 0 Å². The Morgan fingerprint density at radius 2 is 2.46 bits per heavy atom. The molecule has 3 nitrogen and oxygen atoms in total. The maximum atomic E-state index is 11.0. The van der Waals surface area contributed by atoms with Crippen molar-refractivity contribution >= 4 is 5.97 Å². The quantitative estimate of drug-likeness (QED) is 0.663. The first-order valence-electron chi connectivity index (χ1n) is 4.20. The molecule has 1 aromatic heterocycles. The second kappa shape index (κ2) is 4.60. The van der Waals surface area contributed by atoms with E-state index in [-0.39, 0.29) is 11.9 Å². The number of rotatable bonds is 3. The van der Waals surface area contributed by atoms with E-state index in [0.717, 1.165) is 5.56 Å². The van der Waals surface area contributed by atoms with E-state index in [1.165, 1.54) is 7.11 Å². The topological polar surface area (TPSA) is 39.2 Å². The van der Waals surface area contributed by atoms with Crippen molar-refractivity contribution in [1.82, 2.24) is 4.98 Å². The third-order valence-electron chi connectivity index (χ3n) is 1.95. The van der Waals surface area contributed by atoms with Gasteiger partial charge in [-0.1, -0.05) is 13.0 Å². The predicted octanol–water partition coefficient (Wildman–Crippen LogP) is 1.75. The Bertz CT molecular complexity index is 272. The standard InChI is InChI=1S/C10H13NO2/c1-8(6-10(12)13-2)9-4-3-5-11-7-9/h3-5,7-8H,6H2,1-2H3. The molecule has 0 saturated carbocycles. The van der Waals surface area contributed by atoms with E-state index in [0.29, 0.717) is 6.42 Å². The Hall–Kier alpha value is -1.38. The molecule has 0 saturated heterocycles. The summed E-state index contributed by atoms with van der Waals surface area (Å²) in [6.45, 7) is 1.98. The molecule has 0 spiro atoms. The minimum Gasteiger partial charge on any atom is -0.469 e. The number of pyridine rings is 1. The van der Waals surface area contributed by atoms with Gasteiger partial charge >= 0.3 is 5.97 Å². The number of methoxy groups -OCH3 is 1. The first-order valence-corrected chi connectivity index (χ1v) is 4.20. The molecule has 1 rings (SSSR count). The van der Waals surface area contributed by atoms with E-state index >= 15 is 0 Å². The summed E-state index contributed by atoms with van der Waals surface area (Å²) in [4.78, 5) is 14.9. The number of hydrogen-bond acceptors (Lipinski definition) is 3. The number of hydrogen-bond donors (Lipinski definition) is 0. The highest BCUT2D eigenvalue weighted by molar-refractivity contribution is 5.70. The average Bonchev–Trinajstić information content (AvgIpc) is 2.19. The molecule has 3 heteroatoms. The van der Waals surface area contributed by atoms with Crippen molar-refractivity contribution in [2.45, 2.75) is 19.3 Å². The molecule has 1 unspecified atom stereocenters. The minimum absolute atomic E-state index is 0.168. The lowest BCUT2D eigenvalue weighted by molar-refractivity contribution is -0.140. The molecule has 0 N–H and O–H groups in total. The maximum absolute atomic E-state index is 11.0. The molecule has 1 aromatic rings. The molecule has 0 aliphatic rings. The molecule has 13 heavy (non-hydrogen) atoms. The summed E-state index contributed by atoms with van der Waals surface area (Å²) in [5, 5.41) is 0. The lowest BCUT2D eigenvalue weighted by Crippen LogP contribution is -2.05. The second-order valence-electron chi connectivity index (χ2n) is 2.97. The summed E-state index contributed by atoms with van der Waals surface area (Å²) >= 11 is 0. The van der Waals surface area contributed by atoms with Crippen molar-refractivity contribution in [3.05, 3.63) is 30.1 Å². The van der Waals surface area contributed by atoms with Crippen LogP contribution in [0.25, 0.3) is 0 Å². The molecule has 0 amide bonds. The largest absolute Gasteiger partial charge is 0.469 e. The maximum Gasteiger partial charge on any atom is 0.306 e. The molecule has 1 heterocycles. The van der Waals surface area contributed by atoms with Gasteiger partial charge in [0.25, 0.3) is 0 Å². The normalized spacial score (nSPS) is 12.2. The second-order valence-corrected chi connectivity index (χ2v) is 2.97. The number of aromatic nitrogens is 1. The number of esters is 1. The lowest BCUT2D eigenvalue weighted by Gasteiger charge is -2.08. The smallest absolute Gasteiger partial charge is 0.306 e. The Kier molecular flexibility index (Phi) is 3.43. The zero-order valence-corrected chi connectivity index (χ0v) is 7.86. The van der Waals surface area contributed by atoms with Crippen LogP contribution in [0.2, 0.25) is 0 Å². The predicted molar refractivity (Wildman–Crippen MR) is 49.3 cm³/mol. The van der Waals surface area contributed by atoms with E-state index in [9.17, 15) is 4.79 Å². The fourth-order valence-electron chi connectivity index (χ4n) is 1.12. The lowest BCUT2D eigenvalue weighted by atomic mass is 10.00. The van der Waals surface area contributed by atoms with Gasteiger partial charge in [-0.25, -0.2) is 0 Å². The first-order chi connectivity index (χ1) is 6.24. The molecule has 0 aliphatic heterocycles. The van der Waals surface area contributed by atoms with Gasteiger partial charge in [-0.3, -0.25) is 9.78 Å². The van der Waals surface area contributed by atoms with Gasteiger partial charge in [0.15, 0.2) is 0 Å². The third kappa shape index (κ3) is 2.86. The first kappa shape index (κ1) is 9.71. The van der Waals surface area contributed by atoms with Crippen LogP contribution in [0.15, 0.2) is 24.5 Å². The van der Waals surface area contributed by atoms with Crippen LogP contribution in [-0.2, 0) is 9.53 Å². The zero-order valence-electron chi connectivity index (χ0n) is 7.86. The van der Waals surface area contributed by atoms with E-state index in [1.54, 1.807) is 12.4 Å². The van der Waals surface area contributed by atoms with Gasteiger partial charge in [0, 0.05) is 12.4 Å². The van der Waals surface area contributed by atoms with Crippen LogP contribution in [0.3, 0.4) is 0 Å². The fraction of sp³-hybridized carbons (Fsp3) is 0.400. The summed E-state index contributed by atoms with van der Waals surface area (Å²) in [6, 6.07) is 3.82. The molecular weight excluding hydrogens is 166 g/mol. The van der Waals surface area contributed by atoms with Crippen LogP contribution in [-0.4, -0.2) is 18.1 Å². The van der Waals surface area contributed by atoms with E-state index < -0.39 is 0 Å². The molecular formula is C10H13NO2. The minimum atomic E-state index is -0.184. The van der Waals surface area contributed by atoms with Crippen molar-refractivity contribution in [2.75, 3.05) is 7.11 Å². The van der Waals surface area contributed by atoms with E-state index in [4.69, 9.17) is 0 Å². The number of ether oxygens (including phenoxy) is 1. The Morgan fingerprint density at radius 1 is 1.69 bits per heavy atom. The van der Waals surface area contributed by atoms with E-state index in [1.807, 2.05) is 19.1 Å². The van der Waals surface area contributed by atoms with Crippen LogP contribution in [0, 0.1) is 0 Å². The molecule has 1 atom stereocenters. The monoisotopic (exact) mass is 179 g/mol. The van der Waals surface area contributed by atoms with Gasteiger partial charge in [-0.2, -0.15) is 0 Å². The summed E-state index contributed by atoms with van der Waals surface area (Å²) in [5.74, 6) is -0.0162. The average molecular weight is 179 g/mol. The number of carbonyl (C=O) groups is 1. The summed E-state index contributed by atoms with van der Waals surface area (Å²) in [5.41, 5.74) is 1.06. The zero-order chi connectivity index (χ0) is 9.68. The van der Waals surface area contributed by atoms with Gasteiger partial charge in [0.05, 0.1) is 13.5 Å². The van der Waals surface area contributed by atoms with E-state index in [2.05, 4.69) is 9.72 Å². The van der Waals surface area contributed by atoms with Gasteiger partial charge < -0.3 is 4.74 Å². The van der Waals surface area contributed by atoms with Crippen LogP contribution in [0.4, 0.5) is 0 Å². The van der Waals surface area contributed by atoms with Crippen LogP contribution in [0.5, 0.6) is 0 Å². The van der Waals surface area contributed by atoms with Gasteiger partial charge in [0.2, 0.25) is 0 Å². The molecule has 0 fully saturated rings. The van der Waals surface area contributed by atoms with Crippen LogP contribution >= 0.6 is 0 Å². The molecule has 0 aliphatic carbocycles. The molecule has 0 bridgehead atoms. The summed E-state index contributed by atoms with van der Waals surface area (Å²) < 4.78 is 4.58. The molecule has 0 radical (unpaired) electrons. The summed E-state index contributed by atoms with van der Waals surface area (Å²) in [7, 11) is 1.40. The Balaban J connectivity index is 2.59. The molecule has 70 valence electrons. The van der Waals surface area contributed by atoms with Crippen molar-refractivity contribution in [3.8, 4) is 0 Å². The summed E-state index contributed by atoms with van der Waals surface area (Å²) in [6.07, 6.45) is 3.89. The van der Waals surface area contributed by atoms with Crippen molar-refractivity contribution in [3.63, 3.8) is 0 Å². The van der Waals surface area contributed by atoms with Crippen LogP contribution in [0.1, 0.15) is 24.8 Å². The third-order valence-corrected chi connectivity index (χ3v) is 1.95. The van der Waals surface area contributed by atoms with Gasteiger partial charge in [0.1, 0.15) is 0 Å². The van der Waals surface area contributed by atoms with Gasteiger partial charge in [-0.15, -0.1) is 0 Å². The Morgan fingerprint density at radius 3 is 3.00 bits per heavy atom. The SMILES string of the molecule is COC(=O)CC(C)c1cccnc1. The van der Waals surface area contributed by atoms with Gasteiger partial charge in [-0.05, 0) is 17.5 Å². The van der Waals surface area contributed by atoms with Crippen molar-refractivity contribution in [2.24, 2.45) is 0 Å². The molecule has 0 aromatic carbocycles. The number of nitrogens with zero attached hydrogens (tertiary/aromatic N) is 1. The van der Waals surface area contributed by atoms with Crippen LogP contribution < -0.4 is 0 Å². The Labute approximate surface area is 77.8 Å². The highest BCUT2D eigenvalue weighted by atomic mass is 16.5. The highest BCUT2D eigenvalue weighted by Crippen LogP contribution is 2.17. The fourth-order valence-corrected chi connectivity index (χ4v) is 1.12. The van der Waals surface area contributed by atoms with Crippen molar-refractivity contribution < 1.29 is 9.53 Å². The number of carbonyl (C=O) groups excluding carboxylic acids is 1. The highest BCUT2D eigenvalue weighted by Gasteiger charge is 2.10.